The number of hydrogen-bond donors (Lipinski definition) is 0. The topological polar surface area (TPSA) is 32.8 Å². The van der Waals surface area contributed by atoms with Gasteiger partial charge in [-0.05, 0) is 33.2 Å². The standard InChI is InChI=1S/C15H23BN2O2/c1-13(12-17(2)3)18(8-10-19)9-11-20-15-6-4-14(16)5-7-15/h4-7,10,13H,8-9,11-12H2,1-3H3. The van der Waals surface area contributed by atoms with Crippen molar-refractivity contribution in [3.05, 3.63) is 24.3 Å². The number of carbonyl (C=O) groups excluding carboxylic acids is 1. The fourth-order valence-corrected chi connectivity index (χ4v) is 2.08. The molecule has 0 heterocycles. The average Bonchev–Trinajstić information content (AvgIpc) is 2.39. The van der Waals surface area contributed by atoms with Crippen molar-refractivity contribution in [2.75, 3.05) is 40.3 Å². The minimum atomic E-state index is 0.310. The molecule has 1 aromatic rings. The Morgan fingerprint density at radius 3 is 2.50 bits per heavy atom. The van der Waals surface area contributed by atoms with Gasteiger partial charge in [0.2, 0.25) is 0 Å². The van der Waals surface area contributed by atoms with E-state index in [1.165, 1.54) is 0 Å². The Hall–Kier alpha value is -1.33. The largest absolute Gasteiger partial charge is 0.492 e. The maximum absolute atomic E-state index is 10.8. The van der Waals surface area contributed by atoms with E-state index >= 15 is 0 Å². The van der Waals surface area contributed by atoms with Gasteiger partial charge in [0, 0.05) is 19.1 Å². The van der Waals surface area contributed by atoms with Crippen LogP contribution in [0.5, 0.6) is 5.75 Å². The summed E-state index contributed by atoms with van der Waals surface area (Å²) in [6.07, 6.45) is 0.940. The Kier molecular flexibility index (Phi) is 7.33. The summed E-state index contributed by atoms with van der Waals surface area (Å²) in [4.78, 5) is 15.0. The smallest absolute Gasteiger partial charge is 0.133 e. The summed E-state index contributed by atoms with van der Waals surface area (Å²) in [6.45, 7) is 4.73. The van der Waals surface area contributed by atoms with Crippen molar-refractivity contribution >= 4 is 19.6 Å². The molecule has 0 saturated carbocycles. The molecule has 0 bridgehead atoms. The quantitative estimate of drug-likeness (QED) is 0.479. The second-order valence-electron chi connectivity index (χ2n) is 5.19. The molecule has 0 spiro atoms. The Morgan fingerprint density at radius 2 is 1.95 bits per heavy atom. The van der Waals surface area contributed by atoms with Gasteiger partial charge in [0.05, 0.1) is 6.54 Å². The molecule has 0 aliphatic carbocycles. The molecule has 0 saturated heterocycles. The van der Waals surface area contributed by atoms with Crippen LogP contribution in [0.2, 0.25) is 0 Å². The van der Waals surface area contributed by atoms with Gasteiger partial charge in [-0.1, -0.05) is 17.6 Å². The first kappa shape index (κ1) is 16.7. The first-order chi connectivity index (χ1) is 9.52. The SMILES string of the molecule is [B]c1ccc(OCCN(CC=O)C(C)CN(C)C)cc1. The lowest BCUT2D eigenvalue weighted by Crippen LogP contribution is -2.43. The van der Waals surface area contributed by atoms with Gasteiger partial charge in [0.1, 0.15) is 26.5 Å². The molecule has 1 unspecified atom stereocenters. The second kappa shape index (κ2) is 8.77. The number of aldehydes is 1. The normalized spacial score (nSPS) is 12.7. The van der Waals surface area contributed by atoms with Gasteiger partial charge in [0.25, 0.3) is 0 Å². The summed E-state index contributed by atoms with van der Waals surface area (Å²) in [5.41, 5.74) is 0.722. The van der Waals surface area contributed by atoms with E-state index in [1.54, 1.807) is 0 Å². The fourth-order valence-electron chi connectivity index (χ4n) is 2.08. The van der Waals surface area contributed by atoms with Crippen LogP contribution in [0.1, 0.15) is 6.92 Å². The van der Waals surface area contributed by atoms with Gasteiger partial charge in [-0.3, -0.25) is 4.90 Å². The molecular formula is C15H23BN2O2. The zero-order valence-electron chi connectivity index (χ0n) is 12.6. The van der Waals surface area contributed by atoms with Crippen molar-refractivity contribution in [1.82, 2.24) is 9.80 Å². The van der Waals surface area contributed by atoms with Crippen LogP contribution >= 0.6 is 0 Å². The monoisotopic (exact) mass is 274 g/mol. The minimum Gasteiger partial charge on any atom is -0.492 e. The van der Waals surface area contributed by atoms with E-state index in [0.29, 0.717) is 19.2 Å². The van der Waals surface area contributed by atoms with Gasteiger partial charge in [-0.25, -0.2) is 0 Å². The molecule has 5 heteroatoms. The Balaban J connectivity index is 2.42. The molecule has 2 radical (unpaired) electrons. The maximum atomic E-state index is 10.8. The van der Waals surface area contributed by atoms with Gasteiger partial charge in [-0.2, -0.15) is 0 Å². The molecule has 1 atom stereocenters. The summed E-state index contributed by atoms with van der Waals surface area (Å²) >= 11 is 0. The van der Waals surface area contributed by atoms with Gasteiger partial charge < -0.3 is 14.4 Å². The molecular weight excluding hydrogens is 251 g/mol. The van der Waals surface area contributed by atoms with Crippen molar-refractivity contribution in [3.8, 4) is 5.75 Å². The first-order valence-electron chi connectivity index (χ1n) is 6.83. The molecule has 0 N–H and O–H groups in total. The van der Waals surface area contributed by atoms with Crippen molar-refractivity contribution in [2.24, 2.45) is 0 Å². The highest BCUT2D eigenvalue weighted by Crippen LogP contribution is 2.07. The van der Waals surface area contributed by atoms with Crippen molar-refractivity contribution in [3.63, 3.8) is 0 Å². The van der Waals surface area contributed by atoms with Gasteiger partial charge >= 0.3 is 0 Å². The van der Waals surface area contributed by atoms with Crippen molar-refractivity contribution < 1.29 is 9.53 Å². The summed E-state index contributed by atoms with van der Waals surface area (Å²) < 4.78 is 5.67. The number of nitrogens with zero attached hydrogens (tertiary/aromatic N) is 2. The molecule has 4 nitrogen and oxygen atoms in total. The molecule has 0 amide bonds. The summed E-state index contributed by atoms with van der Waals surface area (Å²) in [5.74, 6) is 0.797. The van der Waals surface area contributed by atoms with E-state index in [1.807, 2.05) is 38.4 Å². The van der Waals surface area contributed by atoms with Crippen LogP contribution in [0.3, 0.4) is 0 Å². The van der Waals surface area contributed by atoms with E-state index in [0.717, 1.165) is 30.6 Å². The predicted octanol–water partition coefficient (Wildman–Crippen LogP) is 0.310. The maximum Gasteiger partial charge on any atom is 0.133 e. The Bertz CT molecular complexity index is 395. The molecule has 108 valence electrons. The minimum absolute atomic E-state index is 0.310. The van der Waals surface area contributed by atoms with E-state index in [2.05, 4.69) is 16.7 Å². The van der Waals surface area contributed by atoms with E-state index < -0.39 is 0 Å². The lowest BCUT2D eigenvalue weighted by Gasteiger charge is -2.29. The number of hydrogen-bond acceptors (Lipinski definition) is 4. The lowest BCUT2D eigenvalue weighted by atomic mass is 9.97. The second-order valence-corrected chi connectivity index (χ2v) is 5.19. The molecule has 0 aliphatic rings. The van der Waals surface area contributed by atoms with Crippen LogP contribution in [0.15, 0.2) is 24.3 Å². The third-order valence-corrected chi connectivity index (χ3v) is 3.09. The number of benzene rings is 1. The summed E-state index contributed by atoms with van der Waals surface area (Å²) in [6, 6.07) is 7.64. The van der Waals surface area contributed by atoms with Crippen LogP contribution < -0.4 is 10.2 Å². The number of rotatable bonds is 9. The van der Waals surface area contributed by atoms with E-state index in [9.17, 15) is 4.79 Å². The van der Waals surface area contributed by atoms with Crippen molar-refractivity contribution in [1.29, 1.82) is 0 Å². The Morgan fingerprint density at radius 1 is 1.30 bits per heavy atom. The predicted molar refractivity (Wildman–Crippen MR) is 83.0 cm³/mol. The van der Waals surface area contributed by atoms with Gasteiger partial charge in [0.15, 0.2) is 0 Å². The Labute approximate surface area is 123 Å². The summed E-state index contributed by atoms with van der Waals surface area (Å²) in [5, 5.41) is 0. The summed E-state index contributed by atoms with van der Waals surface area (Å²) in [7, 11) is 9.68. The highest BCUT2D eigenvalue weighted by atomic mass is 16.5. The number of carbonyl (C=O) groups is 1. The third kappa shape index (κ3) is 6.22. The van der Waals surface area contributed by atoms with Crippen LogP contribution in [-0.4, -0.2) is 70.3 Å². The van der Waals surface area contributed by atoms with E-state index in [4.69, 9.17) is 12.6 Å². The number of likely N-dealkylation sites (N-methyl/N-ethyl adjacent to an activating group) is 1. The third-order valence-electron chi connectivity index (χ3n) is 3.09. The zero-order chi connectivity index (χ0) is 15.0. The molecule has 0 aliphatic heterocycles. The fraction of sp³-hybridized carbons (Fsp3) is 0.533. The first-order valence-corrected chi connectivity index (χ1v) is 6.83. The lowest BCUT2D eigenvalue weighted by molar-refractivity contribution is -0.109. The zero-order valence-corrected chi connectivity index (χ0v) is 12.6. The average molecular weight is 274 g/mol. The van der Waals surface area contributed by atoms with Crippen molar-refractivity contribution in [2.45, 2.75) is 13.0 Å². The highest BCUT2D eigenvalue weighted by molar-refractivity contribution is 6.32. The highest BCUT2D eigenvalue weighted by Gasteiger charge is 2.14. The van der Waals surface area contributed by atoms with Crippen LogP contribution in [0.25, 0.3) is 0 Å². The van der Waals surface area contributed by atoms with E-state index in [-0.39, 0.29) is 0 Å². The van der Waals surface area contributed by atoms with Crippen LogP contribution in [0, 0.1) is 0 Å². The van der Waals surface area contributed by atoms with Gasteiger partial charge in [-0.15, -0.1) is 0 Å². The molecule has 0 aromatic heterocycles. The molecule has 0 fully saturated rings. The van der Waals surface area contributed by atoms with Crippen LogP contribution in [0.4, 0.5) is 0 Å². The molecule has 20 heavy (non-hydrogen) atoms. The van der Waals surface area contributed by atoms with Crippen LogP contribution in [-0.2, 0) is 4.79 Å². The number of ether oxygens (including phenoxy) is 1. The molecule has 1 aromatic carbocycles. The molecule has 1 rings (SSSR count).